The highest BCUT2D eigenvalue weighted by Gasteiger charge is 2.30. The Balaban J connectivity index is 1.76. The van der Waals surface area contributed by atoms with Crippen LogP contribution in [0.3, 0.4) is 0 Å². The molecule has 1 aliphatic carbocycles. The number of hydrogen-bond acceptors (Lipinski definition) is 3. The van der Waals surface area contributed by atoms with Gasteiger partial charge < -0.3 is 9.64 Å². The predicted molar refractivity (Wildman–Crippen MR) is 87.0 cm³/mol. The van der Waals surface area contributed by atoms with Crippen LogP contribution in [0, 0.1) is 6.92 Å². The van der Waals surface area contributed by atoms with E-state index in [1.807, 2.05) is 21.7 Å². The number of aromatic nitrogens is 2. The van der Waals surface area contributed by atoms with E-state index >= 15 is 0 Å². The number of para-hydroxylation sites is 1. The number of aryl methyl sites for hydroxylation is 1. The molecule has 0 spiro atoms. The predicted octanol–water partition coefficient (Wildman–Crippen LogP) is 2.14. The lowest BCUT2D eigenvalue weighted by atomic mass is 10.1. The Hall–Kier alpha value is -2.14. The first-order chi connectivity index (χ1) is 11.3. The summed E-state index contributed by atoms with van der Waals surface area (Å²) in [6, 6.07) is 8.21. The standard InChI is InChI=1S/C18H21N3O2/c1-13-5-2-3-7-15(13)21-16-8-4-6-14(16)17(19-21)18(22)20-9-11-23-12-10-20/h2-3,5,7H,4,6,8-12H2,1H3. The van der Waals surface area contributed by atoms with E-state index in [9.17, 15) is 4.79 Å². The maximum Gasteiger partial charge on any atom is 0.274 e. The topological polar surface area (TPSA) is 47.4 Å². The highest BCUT2D eigenvalue weighted by atomic mass is 16.5. The summed E-state index contributed by atoms with van der Waals surface area (Å²) in [5, 5.41) is 4.72. The average molecular weight is 311 g/mol. The molecule has 0 radical (unpaired) electrons. The van der Waals surface area contributed by atoms with Crippen LogP contribution in [0.2, 0.25) is 0 Å². The molecule has 0 bridgehead atoms. The smallest absolute Gasteiger partial charge is 0.274 e. The van der Waals surface area contributed by atoms with E-state index in [2.05, 4.69) is 19.1 Å². The molecule has 1 saturated heterocycles. The van der Waals surface area contributed by atoms with Gasteiger partial charge in [-0.1, -0.05) is 18.2 Å². The molecule has 120 valence electrons. The first-order valence-electron chi connectivity index (χ1n) is 8.29. The zero-order valence-electron chi connectivity index (χ0n) is 13.4. The van der Waals surface area contributed by atoms with Gasteiger partial charge in [0.2, 0.25) is 0 Å². The molecule has 5 heteroatoms. The molecule has 2 aromatic rings. The molecule has 1 aliphatic heterocycles. The average Bonchev–Trinajstić information content (AvgIpc) is 3.18. The van der Waals surface area contributed by atoms with Gasteiger partial charge in [0.1, 0.15) is 0 Å². The number of benzene rings is 1. The van der Waals surface area contributed by atoms with E-state index in [1.165, 1.54) is 11.3 Å². The summed E-state index contributed by atoms with van der Waals surface area (Å²) in [4.78, 5) is 14.8. The van der Waals surface area contributed by atoms with Crippen molar-refractivity contribution in [3.8, 4) is 5.69 Å². The molecule has 0 N–H and O–H groups in total. The number of fused-ring (bicyclic) bond motifs is 1. The molecule has 4 rings (SSSR count). The van der Waals surface area contributed by atoms with Crippen molar-refractivity contribution < 1.29 is 9.53 Å². The van der Waals surface area contributed by atoms with Crippen molar-refractivity contribution in [2.45, 2.75) is 26.2 Å². The fourth-order valence-electron chi connectivity index (χ4n) is 3.53. The van der Waals surface area contributed by atoms with Crippen molar-refractivity contribution in [3.63, 3.8) is 0 Å². The first-order valence-corrected chi connectivity index (χ1v) is 8.29. The van der Waals surface area contributed by atoms with Crippen molar-refractivity contribution in [1.29, 1.82) is 0 Å². The molecule has 23 heavy (non-hydrogen) atoms. The normalized spacial score (nSPS) is 17.3. The Morgan fingerprint density at radius 3 is 2.74 bits per heavy atom. The Morgan fingerprint density at radius 1 is 1.17 bits per heavy atom. The van der Waals surface area contributed by atoms with Crippen molar-refractivity contribution in [1.82, 2.24) is 14.7 Å². The van der Waals surface area contributed by atoms with E-state index < -0.39 is 0 Å². The fourth-order valence-corrected chi connectivity index (χ4v) is 3.53. The molecule has 1 aromatic carbocycles. The largest absolute Gasteiger partial charge is 0.378 e. The van der Waals surface area contributed by atoms with Gasteiger partial charge >= 0.3 is 0 Å². The van der Waals surface area contributed by atoms with Crippen LogP contribution in [0.15, 0.2) is 24.3 Å². The maximum atomic E-state index is 12.9. The van der Waals surface area contributed by atoms with Gasteiger partial charge in [0, 0.05) is 24.3 Å². The number of amides is 1. The molecule has 0 unspecified atom stereocenters. The second-order valence-corrected chi connectivity index (χ2v) is 6.23. The minimum absolute atomic E-state index is 0.0544. The Bertz CT molecular complexity index is 745. The molecule has 0 atom stereocenters. The van der Waals surface area contributed by atoms with Gasteiger partial charge in [0.25, 0.3) is 5.91 Å². The molecular weight excluding hydrogens is 290 g/mol. The number of nitrogens with zero attached hydrogens (tertiary/aromatic N) is 3. The summed E-state index contributed by atoms with van der Waals surface area (Å²) >= 11 is 0. The Morgan fingerprint density at radius 2 is 1.96 bits per heavy atom. The summed E-state index contributed by atoms with van der Waals surface area (Å²) in [6.07, 6.45) is 3.04. The van der Waals surface area contributed by atoms with Gasteiger partial charge in [-0.05, 0) is 37.8 Å². The van der Waals surface area contributed by atoms with Crippen LogP contribution < -0.4 is 0 Å². The summed E-state index contributed by atoms with van der Waals surface area (Å²) in [6.45, 7) is 4.64. The SMILES string of the molecule is Cc1ccccc1-n1nc(C(=O)N2CCOCC2)c2c1CCC2. The number of morpholine rings is 1. The molecule has 1 amide bonds. The van der Waals surface area contributed by atoms with Crippen molar-refractivity contribution >= 4 is 5.91 Å². The summed E-state index contributed by atoms with van der Waals surface area (Å²) in [5.41, 5.74) is 5.24. The van der Waals surface area contributed by atoms with Crippen LogP contribution in [0.5, 0.6) is 0 Å². The van der Waals surface area contributed by atoms with E-state index in [0.717, 1.165) is 30.5 Å². The van der Waals surface area contributed by atoms with Gasteiger partial charge in [-0.25, -0.2) is 4.68 Å². The molecule has 1 fully saturated rings. The minimum atomic E-state index is 0.0544. The third-order valence-corrected chi connectivity index (χ3v) is 4.77. The van der Waals surface area contributed by atoms with Crippen LogP contribution >= 0.6 is 0 Å². The van der Waals surface area contributed by atoms with Crippen LogP contribution in [-0.2, 0) is 17.6 Å². The number of hydrogen-bond donors (Lipinski definition) is 0. The third kappa shape index (κ3) is 2.45. The van der Waals surface area contributed by atoms with Gasteiger partial charge in [-0.2, -0.15) is 5.10 Å². The minimum Gasteiger partial charge on any atom is -0.378 e. The van der Waals surface area contributed by atoms with Gasteiger partial charge in [-0.15, -0.1) is 0 Å². The van der Waals surface area contributed by atoms with Crippen LogP contribution in [-0.4, -0.2) is 46.9 Å². The zero-order valence-corrected chi connectivity index (χ0v) is 13.4. The fraction of sp³-hybridized carbons (Fsp3) is 0.444. The number of carbonyl (C=O) groups is 1. The van der Waals surface area contributed by atoms with Crippen LogP contribution in [0.4, 0.5) is 0 Å². The van der Waals surface area contributed by atoms with Crippen molar-refractivity contribution in [2.75, 3.05) is 26.3 Å². The van der Waals surface area contributed by atoms with Gasteiger partial charge in [0.05, 0.1) is 18.9 Å². The van der Waals surface area contributed by atoms with Crippen molar-refractivity contribution in [2.24, 2.45) is 0 Å². The number of carbonyl (C=O) groups excluding carboxylic acids is 1. The van der Waals surface area contributed by atoms with E-state index in [4.69, 9.17) is 9.84 Å². The zero-order chi connectivity index (χ0) is 15.8. The number of ether oxygens (including phenoxy) is 1. The Labute approximate surface area is 135 Å². The molecule has 0 saturated carbocycles. The number of rotatable bonds is 2. The second-order valence-electron chi connectivity index (χ2n) is 6.23. The highest BCUT2D eigenvalue weighted by Crippen LogP contribution is 2.29. The first kappa shape index (κ1) is 14.5. The second kappa shape index (κ2) is 5.81. The molecule has 1 aromatic heterocycles. The lowest BCUT2D eigenvalue weighted by Crippen LogP contribution is -2.41. The quantitative estimate of drug-likeness (QED) is 0.854. The summed E-state index contributed by atoms with van der Waals surface area (Å²) in [7, 11) is 0. The molecule has 2 aliphatic rings. The molecule has 5 nitrogen and oxygen atoms in total. The highest BCUT2D eigenvalue weighted by molar-refractivity contribution is 5.94. The van der Waals surface area contributed by atoms with Crippen LogP contribution in [0.1, 0.15) is 33.7 Å². The van der Waals surface area contributed by atoms with E-state index in [1.54, 1.807) is 0 Å². The molecular formula is C18H21N3O2. The van der Waals surface area contributed by atoms with E-state index in [0.29, 0.717) is 32.0 Å². The Kier molecular flexibility index (Phi) is 3.65. The summed E-state index contributed by atoms with van der Waals surface area (Å²) in [5.74, 6) is 0.0544. The summed E-state index contributed by atoms with van der Waals surface area (Å²) < 4.78 is 7.34. The molecule has 2 heterocycles. The third-order valence-electron chi connectivity index (χ3n) is 4.77. The van der Waals surface area contributed by atoms with Gasteiger partial charge in [0.15, 0.2) is 5.69 Å². The van der Waals surface area contributed by atoms with Crippen molar-refractivity contribution in [3.05, 3.63) is 46.8 Å². The lowest BCUT2D eigenvalue weighted by molar-refractivity contribution is 0.0298. The monoisotopic (exact) mass is 311 g/mol. The van der Waals surface area contributed by atoms with Crippen LogP contribution in [0.25, 0.3) is 5.69 Å². The lowest BCUT2D eigenvalue weighted by Gasteiger charge is -2.26. The van der Waals surface area contributed by atoms with E-state index in [-0.39, 0.29) is 5.91 Å². The van der Waals surface area contributed by atoms with Gasteiger partial charge in [-0.3, -0.25) is 4.79 Å². The maximum absolute atomic E-state index is 12.9.